The van der Waals surface area contributed by atoms with E-state index >= 15 is 0 Å². The minimum atomic E-state index is -0.0739. The number of hydrogen-bond donors (Lipinski definition) is 0. The van der Waals surface area contributed by atoms with Crippen molar-refractivity contribution >= 4 is 5.91 Å². The van der Waals surface area contributed by atoms with Gasteiger partial charge in [0, 0.05) is 19.2 Å². The molecule has 2 aromatic carbocycles. The third kappa shape index (κ3) is 4.89. The standard InChI is InChI=1S/C20H25NO4/c1-5-24-17-10-7-15(8-11-17)14-21(3)20(22)16-9-12-18(25-6-2)19(13-16)23-4/h7-13H,5-6,14H2,1-4H3. The summed E-state index contributed by atoms with van der Waals surface area (Å²) >= 11 is 0. The van der Waals surface area contributed by atoms with Gasteiger partial charge in [-0.25, -0.2) is 0 Å². The van der Waals surface area contributed by atoms with E-state index in [1.54, 1.807) is 37.3 Å². The van der Waals surface area contributed by atoms with Crippen LogP contribution in [0.15, 0.2) is 42.5 Å². The van der Waals surface area contributed by atoms with Crippen LogP contribution in [-0.2, 0) is 6.54 Å². The lowest BCUT2D eigenvalue weighted by Crippen LogP contribution is -2.26. The molecule has 5 nitrogen and oxygen atoms in total. The number of rotatable bonds is 8. The van der Waals surface area contributed by atoms with Crippen molar-refractivity contribution in [1.82, 2.24) is 4.90 Å². The topological polar surface area (TPSA) is 48.0 Å². The monoisotopic (exact) mass is 343 g/mol. The zero-order valence-corrected chi connectivity index (χ0v) is 15.2. The van der Waals surface area contributed by atoms with E-state index < -0.39 is 0 Å². The van der Waals surface area contributed by atoms with Gasteiger partial charge in [-0.1, -0.05) is 12.1 Å². The van der Waals surface area contributed by atoms with E-state index in [2.05, 4.69) is 0 Å². The maximum Gasteiger partial charge on any atom is 0.254 e. The summed E-state index contributed by atoms with van der Waals surface area (Å²) in [6.07, 6.45) is 0. The molecular weight excluding hydrogens is 318 g/mol. The van der Waals surface area contributed by atoms with Crippen molar-refractivity contribution in [3.63, 3.8) is 0 Å². The Morgan fingerprint density at radius 1 is 0.960 bits per heavy atom. The van der Waals surface area contributed by atoms with Gasteiger partial charge in [0.25, 0.3) is 5.91 Å². The zero-order chi connectivity index (χ0) is 18.2. The summed E-state index contributed by atoms with van der Waals surface area (Å²) in [6, 6.07) is 13.0. The summed E-state index contributed by atoms with van der Waals surface area (Å²) in [5.74, 6) is 1.95. The first-order valence-corrected chi connectivity index (χ1v) is 8.37. The predicted molar refractivity (Wildman–Crippen MR) is 97.6 cm³/mol. The van der Waals surface area contributed by atoms with Gasteiger partial charge in [-0.3, -0.25) is 4.79 Å². The van der Waals surface area contributed by atoms with Crippen molar-refractivity contribution in [3.8, 4) is 17.2 Å². The summed E-state index contributed by atoms with van der Waals surface area (Å²) in [6.45, 7) is 5.55. The van der Waals surface area contributed by atoms with Crippen LogP contribution in [0.25, 0.3) is 0 Å². The van der Waals surface area contributed by atoms with Crippen LogP contribution in [0.1, 0.15) is 29.8 Å². The number of carbonyl (C=O) groups is 1. The lowest BCUT2D eigenvalue weighted by molar-refractivity contribution is 0.0784. The van der Waals surface area contributed by atoms with Crippen LogP contribution in [0, 0.1) is 0 Å². The lowest BCUT2D eigenvalue weighted by atomic mass is 10.1. The van der Waals surface area contributed by atoms with Crippen molar-refractivity contribution in [1.29, 1.82) is 0 Å². The Bertz CT molecular complexity index is 697. The van der Waals surface area contributed by atoms with Gasteiger partial charge >= 0.3 is 0 Å². The van der Waals surface area contributed by atoms with Crippen LogP contribution in [0.3, 0.4) is 0 Å². The van der Waals surface area contributed by atoms with E-state index in [1.165, 1.54) is 0 Å². The fourth-order valence-electron chi connectivity index (χ4n) is 2.50. The van der Waals surface area contributed by atoms with Crippen LogP contribution < -0.4 is 14.2 Å². The molecule has 0 atom stereocenters. The molecule has 0 aromatic heterocycles. The van der Waals surface area contributed by atoms with Crippen molar-refractivity contribution < 1.29 is 19.0 Å². The average molecular weight is 343 g/mol. The number of nitrogens with zero attached hydrogens (tertiary/aromatic N) is 1. The number of ether oxygens (including phenoxy) is 3. The highest BCUT2D eigenvalue weighted by atomic mass is 16.5. The summed E-state index contributed by atoms with van der Waals surface area (Å²) in [7, 11) is 3.34. The van der Waals surface area contributed by atoms with Crippen LogP contribution in [0.2, 0.25) is 0 Å². The Labute approximate surface area is 149 Å². The minimum absolute atomic E-state index is 0.0739. The fraction of sp³-hybridized carbons (Fsp3) is 0.350. The van der Waals surface area contributed by atoms with Gasteiger partial charge in [0.15, 0.2) is 11.5 Å². The molecule has 25 heavy (non-hydrogen) atoms. The van der Waals surface area contributed by atoms with Crippen molar-refractivity contribution in [2.75, 3.05) is 27.4 Å². The average Bonchev–Trinajstić information content (AvgIpc) is 2.63. The molecule has 0 fully saturated rings. The molecule has 0 spiro atoms. The summed E-state index contributed by atoms with van der Waals surface area (Å²) in [4.78, 5) is 14.3. The molecule has 0 aliphatic rings. The van der Waals surface area contributed by atoms with Gasteiger partial charge in [0.1, 0.15) is 5.75 Å². The highest BCUT2D eigenvalue weighted by Gasteiger charge is 2.15. The molecular formula is C20H25NO4. The van der Waals surface area contributed by atoms with Crippen LogP contribution in [0.4, 0.5) is 0 Å². The summed E-state index contributed by atoms with van der Waals surface area (Å²) < 4.78 is 16.2. The summed E-state index contributed by atoms with van der Waals surface area (Å²) in [5.41, 5.74) is 1.60. The maximum atomic E-state index is 12.7. The second-order valence-corrected chi connectivity index (χ2v) is 5.54. The maximum absolute atomic E-state index is 12.7. The molecule has 0 bridgehead atoms. The van der Waals surface area contributed by atoms with Crippen LogP contribution >= 0.6 is 0 Å². The molecule has 1 amide bonds. The lowest BCUT2D eigenvalue weighted by Gasteiger charge is -2.18. The number of carbonyl (C=O) groups excluding carboxylic acids is 1. The molecule has 0 aliphatic heterocycles. The van der Waals surface area contributed by atoms with E-state index in [4.69, 9.17) is 14.2 Å². The molecule has 2 rings (SSSR count). The molecule has 134 valence electrons. The third-order valence-electron chi connectivity index (χ3n) is 3.71. The molecule has 5 heteroatoms. The smallest absolute Gasteiger partial charge is 0.254 e. The Morgan fingerprint density at radius 3 is 2.24 bits per heavy atom. The van der Waals surface area contributed by atoms with Gasteiger partial charge in [0.2, 0.25) is 0 Å². The van der Waals surface area contributed by atoms with Crippen LogP contribution in [-0.4, -0.2) is 38.2 Å². The molecule has 0 aliphatic carbocycles. The number of amides is 1. The SMILES string of the molecule is CCOc1ccc(CN(C)C(=O)c2ccc(OCC)c(OC)c2)cc1. The molecule has 0 radical (unpaired) electrons. The highest BCUT2D eigenvalue weighted by Crippen LogP contribution is 2.28. The quantitative estimate of drug-likeness (QED) is 0.732. The van der Waals surface area contributed by atoms with E-state index in [1.807, 2.05) is 38.1 Å². The Morgan fingerprint density at radius 2 is 1.64 bits per heavy atom. The molecule has 2 aromatic rings. The molecule has 0 heterocycles. The Hall–Kier alpha value is -2.69. The second kappa shape index (κ2) is 8.97. The molecule has 0 saturated carbocycles. The number of hydrogen-bond acceptors (Lipinski definition) is 4. The fourth-order valence-corrected chi connectivity index (χ4v) is 2.50. The number of benzene rings is 2. The zero-order valence-electron chi connectivity index (χ0n) is 15.2. The summed E-state index contributed by atoms with van der Waals surface area (Å²) in [5, 5.41) is 0. The van der Waals surface area contributed by atoms with Gasteiger partial charge in [-0.2, -0.15) is 0 Å². The van der Waals surface area contributed by atoms with E-state index in [0.717, 1.165) is 11.3 Å². The van der Waals surface area contributed by atoms with Gasteiger partial charge < -0.3 is 19.1 Å². The predicted octanol–water partition coefficient (Wildman–Crippen LogP) is 3.76. The van der Waals surface area contributed by atoms with E-state index in [9.17, 15) is 4.79 Å². The highest BCUT2D eigenvalue weighted by molar-refractivity contribution is 5.94. The van der Waals surface area contributed by atoms with Gasteiger partial charge in [0.05, 0.1) is 20.3 Å². The van der Waals surface area contributed by atoms with Gasteiger partial charge in [-0.15, -0.1) is 0 Å². The molecule has 0 unspecified atom stereocenters. The first-order chi connectivity index (χ1) is 12.1. The van der Waals surface area contributed by atoms with E-state index in [-0.39, 0.29) is 5.91 Å². The minimum Gasteiger partial charge on any atom is -0.494 e. The largest absolute Gasteiger partial charge is 0.494 e. The van der Waals surface area contributed by atoms with E-state index in [0.29, 0.717) is 36.8 Å². The Kier molecular flexibility index (Phi) is 6.69. The first-order valence-electron chi connectivity index (χ1n) is 8.37. The molecule has 0 saturated heterocycles. The van der Waals surface area contributed by atoms with Crippen LogP contribution in [0.5, 0.6) is 17.2 Å². The van der Waals surface area contributed by atoms with Crippen molar-refractivity contribution in [2.24, 2.45) is 0 Å². The third-order valence-corrected chi connectivity index (χ3v) is 3.71. The number of methoxy groups -OCH3 is 1. The second-order valence-electron chi connectivity index (χ2n) is 5.54. The van der Waals surface area contributed by atoms with Gasteiger partial charge in [-0.05, 0) is 49.7 Å². The van der Waals surface area contributed by atoms with Crippen molar-refractivity contribution in [2.45, 2.75) is 20.4 Å². The van der Waals surface area contributed by atoms with Crippen molar-refractivity contribution in [3.05, 3.63) is 53.6 Å². The molecule has 0 N–H and O–H groups in total. The normalized spacial score (nSPS) is 10.2. The first kappa shape index (κ1) is 18.6. The Balaban J connectivity index is 2.08.